The fourth-order valence-corrected chi connectivity index (χ4v) is 6.03. The van der Waals surface area contributed by atoms with Gasteiger partial charge in [-0.25, -0.2) is 0 Å². The molecule has 0 heterocycles. The molecule has 2 saturated carbocycles. The van der Waals surface area contributed by atoms with Crippen LogP contribution in [-0.2, 0) is 4.79 Å². The summed E-state index contributed by atoms with van der Waals surface area (Å²) in [6.07, 6.45) is 16.6. The molecule has 3 atom stereocenters. The van der Waals surface area contributed by atoms with Gasteiger partial charge in [0.25, 0.3) is 0 Å². The molecule has 1 heteroatoms. The third kappa shape index (κ3) is 2.65. The van der Waals surface area contributed by atoms with Crippen LogP contribution in [0, 0.1) is 17.3 Å². The largest absolute Gasteiger partial charge is 0.295 e. The quantitative estimate of drug-likeness (QED) is 0.525. The molecule has 24 heavy (non-hydrogen) atoms. The fraction of sp³-hybridized carbons (Fsp3) is 0.696. The number of hydrogen-bond acceptors (Lipinski definition) is 1. The first-order chi connectivity index (χ1) is 11.1. The Morgan fingerprint density at radius 2 is 2.00 bits per heavy atom. The highest BCUT2D eigenvalue weighted by atomic mass is 16.1. The highest BCUT2D eigenvalue weighted by molar-refractivity contribution is 5.93. The number of fused-ring (bicyclic) bond motifs is 4. The molecular weight excluding hydrogens is 292 g/mol. The topological polar surface area (TPSA) is 17.1 Å². The van der Waals surface area contributed by atoms with Gasteiger partial charge in [-0.15, -0.1) is 0 Å². The van der Waals surface area contributed by atoms with Crippen LogP contribution in [0.3, 0.4) is 0 Å². The van der Waals surface area contributed by atoms with E-state index in [9.17, 15) is 4.79 Å². The molecule has 0 radical (unpaired) electrons. The van der Waals surface area contributed by atoms with Crippen LogP contribution in [0.15, 0.2) is 34.4 Å². The molecule has 0 aliphatic heterocycles. The van der Waals surface area contributed by atoms with Gasteiger partial charge in [0.1, 0.15) is 0 Å². The Bertz CT molecular complexity index is 618. The first kappa shape index (κ1) is 17.7. The summed E-state index contributed by atoms with van der Waals surface area (Å²) >= 11 is 0. The number of hydrogen-bond donors (Lipinski definition) is 0. The van der Waals surface area contributed by atoms with E-state index >= 15 is 0 Å². The van der Waals surface area contributed by atoms with Crippen molar-refractivity contribution in [3.63, 3.8) is 0 Å². The molecule has 4 aliphatic rings. The molecule has 4 aliphatic carbocycles. The lowest BCUT2D eigenvalue weighted by atomic mass is 9.57. The van der Waals surface area contributed by atoms with Gasteiger partial charge in [-0.2, -0.15) is 0 Å². The molecule has 0 aromatic heterocycles. The minimum atomic E-state index is 0. The Morgan fingerprint density at radius 1 is 1.17 bits per heavy atom. The Balaban J connectivity index is 0.00000169. The van der Waals surface area contributed by atoms with Crippen molar-refractivity contribution in [2.24, 2.45) is 17.3 Å². The van der Waals surface area contributed by atoms with Crippen LogP contribution in [0.4, 0.5) is 0 Å². The van der Waals surface area contributed by atoms with Crippen molar-refractivity contribution in [1.29, 1.82) is 0 Å². The SMILES string of the molecule is C.CCC/C=C1/CCC2C3CCC4=CC(=O)CCC4=C3CC[C@]12C. The van der Waals surface area contributed by atoms with Gasteiger partial charge in [-0.1, -0.05) is 44.9 Å². The zero-order chi connectivity index (χ0) is 16.0. The van der Waals surface area contributed by atoms with Crippen LogP contribution in [0.2, 0.25) is 0 Å². The summed E-state index contributed by atoms with van der Waals surface area (Å²) < 4.78 is 0. The van der Waals surface area contributed by atoms with E-state index < -0.39 is 0 Å². The lowest BCUT2D eigenvalue weighted by Gasteiger charge is -2.47. The Labute approximate surface area is 148 Å². The van der Waals surface area contributed by atoms with Crippen molar-refractivity contribution in [3.05, 3.63) is 34.4 Å². The lowest BCUT2D eigenvalue weighted by Crippen LogP contribution is -2.37. The summed E-state index contributed by atoms with van der Waals surface area (Å²) in [6, 6.07) is 0. The first-order valence-electron chi connectivity index (χ1n) is 9.78. The number of allylic oxidation sites excluding steroid dienone is 6. The van der Waals surface area contributed by atoms with Gasteiger partial charge in [0.05, 0.1) is 0 Å². The van der Waals surface area contributed by atoms with Gasteiger partial charge in [-0.05, 0) is 85.8 Å². The highest BCUT2D eigenvalue weighted by Gasteiger charge is 2.50. The molecule has 1 nitrogen and oxygen atoms in total. The van der Waals surface area contributed by atoms with Gasteiger partial charge < -0.3 is 0 Å². The average Bonchev–Trinajstić information content (AvgIpc) is 2.89. The molecular formula is C23H34O. The van der Waals surface area contributed by atoms with Crippen molar-refractivity contribution in [2.75, 3.05) is 0 Å². The molecule has 132 valence electrons. The van der Waals surface area contributed by atoms with E-state index in [1.807, 2.05) is 6.08 Å². The number of ketones is 1. The molecule has 0 bridgehead atoms. The van der Waals surface area contributed by atoms with E-state index in [-0.39, 0.29) is 7.43 Å². The monoisotopic (exact) mass is 326 g/mol. The average molecular weight is 327 g/mol. The van der Waals surface area contributed by atoms with E-state index in [1.165, 1.54) is 50.5 Å². The number of carbonyl (C=O) groups excluding carboxylic acids is 1. The van der Waals surface area contributed by atoms with Crippen molar-refractivity contribution < 1.29 is 4.79 Å². The second-order valence-electron chi connectivity index (χ2n) is 8.37. The third-order valence-electron chi connectivity index (χ3n) is 7.26. The zero-order valence-electron chi connectivity index (χ0n) is 14.8. The predicted molar refractivity (Wildman–Crippen MR) is 102 cm³/mol. The van der Waals surface area contributed by atoms with Crippen LogP contribution in [0.5, 0.6) is 0 Å². The number of carbonyl (C=O) groups is 1. The van der Waals surface area contributed by atoms with Crippen LogP contribution in [0.25, 0.3) is 0 Å². The zero-order valence-corrected chi connectivity index (χ0v) is 14.8. The van der Waals surface area contributed by atoms with Gasteiger partial charge in [-0.3, -0.25) is 4.79 Å². The summed E-state index contributed by atoms with van der Waals surface area (Å²) in [5.74, 6) is 2.02. The van der Waals surface area contributed by atoms with Gasteiger partial charge >= 0.3 is 0 Å². The van der Waals surface area contributed by atoms with E-state index in [2.05, 4.69) is 19.9 Å². The Kier molecular flexibility index (Phi) is 4.91. The van der Waals surface area contributed by atoms with E-state index in [0.717, 1.165) is 31.1 Å². The summed E-state index contributed by atoms with van der Waals surface area (Å²) in [4.78, 5) is 11.7. The van der Waals surface area contributed by atoms with Crippen molar-refractivity contribution >= 4 is 5.78 Å². The normalized spacial score (nSPS) is 36.7. The van der Waals surface area contributed by atoms with Crippen molar-refractivity contribution in [3.8, 4) is 0 Å². The maximum atomic E-state index is 11.7. The van der Waals surface area contributed by atoms with Gasteiger partial charge in [0, 0.05) is 6.42 Å². The molecule has 0 aromatic carbocycles. The standard InChI is InChI=1S/C22H30O.CH4/c1-3-4-5-16-7-11-21-20-9-6-15-14-17(23)8-10-18(15)19(20)12-13-22(16,21)2;/h5,14,20-21H,3-4,6-13H2,1-2H3;1H4/b16-5-;/t20?,21?,22-;/m1./s1. The molecule has 0 spiro atoms. The van der Waals surface area contributed by atoms with Crippen LogP contribution in [-0.4, -0.2) is 5.78 Å². The van der Waals surface area contributed by atoms with Crippen LogP contribution in [0.1, 0.15) is 85.5 Å². The minimum Gasteiger partial charge on any atom is -0.295 e. The van der Waals surface area contributed by atoms with Crippen molar-refractivity contribution in [2.45, 2.75) is 85.5 Å². The second-order valence-corrected chi connectivity index (χ2v) is 8.37. The molecule has 0 saturated heterocycles. The van der Waals surface area contributed by atoms with Crippen LogP contribution >= 0.6 is 0 Å². The summed E-state index contributed by atoms with van der Waals surface area (Å²) in [7, 11) is 0. The molecule has 2 fully saturated rings. The van der Waals surface area contributed by atoms with E-state index in [1.54, 1.807) is 16.7 Å². The fourth-order valence-electron chi connectivity index (χ4n) is 6.03. The van der Waals surface area contributed by atoms with Crippen molar-refractivity contribution in [1.82, 2.24) is 0 Å². The molecule has 2 unspecified atom stereocenters. The van der Waals surface area contributed by atoms with Gasteiger partial charge in [0.2, 0.25) is 0 Å². The Hall–Kier alpha value is -1.11. The van der Waals surface area contributed by atoms with Crippen LogP contribution < -0.4 is 0 Å². The summed E-state index contributed by atoms with van der Waals surface area (Å²) in [5.41, 5.74) is 7.00. The third-order valence-corrected chi connectivity index (χ3v) is 7.26. The first-order valence-corrected chi connectivity index (χ1v) is 9.78. The van der Waals surface area contributed by atoms with E-state index in [0.29, 0.717) is 11.2 Å². The maximum absolute atomic E-state index is 11.7. The Morgan fingerprint density at radius 3 is 2.79 bits per heavy atom. The molecule has 0 aromatic rings. The lowest BCUT2D eigenvalue weighted by molar-refractivity contribution is -0.114. The molecule has 0 amide bonds. The van der Waals surface area contributed by atoms with Gasteiger partial charge in [0.15, 0.2) is 5.78 Å². The molecule has 0 N–H and O–H groups in total. The summed E-state index contributed by atoms with van der Waals surface area (Å²) in [5, 5.41) is 0. The highest BCUT2D eigenvalue weighted by Crippen LogP contribution is 2.62. The smallest absolute Gasteiger partial charge is 0.156 e. The maximum Gasteiger partial charge on any atom is 0.156 e. The predicted octanol–water partition coefficient (Wildman–Crippen LogP) is 6.56. The van der Waals surface area contributed by atoms with E-state index in [4.69, 9.17) is 0 Å². The molecule has 4 rings (SSSR count). The summed E-state index contributed by atoms with van der Waals surface area (Å²) in [6.45, 7) is 4.85. The number of unbranched alkanes of at least 4 members (excludes halogenated alkanes) is 1. The number of rotatable bonds is 2. The minimum absolute atomic E-state index is 0. The second kappa shape index (κ2) is 6.65.